The van der Waals surface area contributed by atoms with Gasteiger partial charge in [-0.2, -0.15) is 0 Å². The van der Waals surface area contributed by atoms with E-state index in [1.807, 2.05) is 17.1 Å². The number of rotatable bonds is 4. The molecule has 3 nitrogen and oxygen atoms in total. The highest BCUT2D eigenvalue weighted by atomic mass is 15.1. The zero-order valence-electron chi connectivity index (χ0n) is 10.7. The summed E-state index contributed by atoms with van der Waals surface area (Å²) in [6, 6.07) is 9.18. The molecule has 0 unspecified atom stereocenters. The molecule has 0 aliphatic carbocycles. The fraction of sp³-hybridized carbons (Fsp3) is 0.357. The van der Waals surface area contributed by atoms with Gasteiger partial charge >= 0.3 is 0 Å². The Labute approximate surface area is 103 Å². The molecule has 1 aromatic heterocycles. The Kier molecular flexibility index (Phi) is 3.59. The van der Waals surface area contributed by atoms with Gasteiger partial charge in [0.15, 0.2) is 0 Å². The number of aromatic nitrogens is 2. The normalized spacial score (nSPS) is 11.4. The van der Waals surface area contributed by atoms with Crippen LogP contribution in [-0.2, 0) is 6.54 Å². The summed E-state index contributed by atoms with van der Waals surface area (Å²) < 4.78 is 2.01. The smallest absolute Gasteiger partial charge is 0.0991 e. The first kappa shape index (κ1) is 11.9. The molecule has 0 radical (unpaired) electrons. The highest BCUT2D eigenvalue weighted by Gasteiger charge is 2.04. The van der Waals surface area contributed by atoms with Crippen LogP contribution in [0.25, 0.3) is 5.69 Å². The third-order valence-corrected chi connectivity index (χ3v) is 3.05. The maximum absolute atomic E-state index is 4.05. The molecular weight excluding hydrogens is 210 g/mol. The fourth-order valence-electron chi connectivity index (χ4n) is 1.66. The number of imidazole rings is 1. The van der Waals surface area contributed by atoms with Gasteiger partial charge in [0, 0.05) is 30.7 Å². The second kappa shape index (κ2) is 5.15. The predicted molar refractivity (Wildman–Crippen MR) is 70.2 cm³/mol. The van der Waals surface area contributed by atoms with Gasteiger partial charge in [-0.1, -0.05) is 12.1 Å². The second-order valence-electron chi connectivity index (χ2n) is 4.65. The molecule has 0 fully saturated rings. The molecular formula is C14H19N3. The van der Waals surface area contributed by atoms with Crippen LogP contribution >= 0.6 is 0 Å². The molecule has 1 aromatic carbocycles. The standard InChI is InChI=1S/C14H19N3/c1-12(2)16(3)10-13-4-6-14(7-5-13)17-9-8-15-11-17/h4-9,11-12H,10H2,1-3H3. The van der Waals surface area contributed by atoms with E-state index in [2.05, 4.69) is 55.0 Å². The average molecular weight is 229 g/mol. The minimum atomic E-state index is 0.573. The lowest BCUT2D eigenvalue weighted by atomic mass is 10.2. The third-order valence-electron chi connectivity index (χ3n) is 3.05. The first-order valence-electron chi connectivity index (χ1n) is 5.94. The summed E-state index contributed by atoms with van der Waals surface area (Å²) in [7, 11) is 2.15. The molecule has 1 heterocycles. The van der Waals surface area contributed by atoms with Crippen LogP contribution in [0.2, 0.25) is 0 Å². The van der Waals surface area contributed by atoms with E-state index in [0.29, 0.717) is 6.04 Å². The van der Waals surface area contributed by atoms with Crippen molar-refractivity contribution in [1.82, 2.24) is 14.5 Å². The van der Waals surface area contributed by atoms with Gasteiger partial charge in [-0.25, -0.2) is 4.98 Å². The van der Waals surface area contributed by atoms with Gasteiger partial charge < -0.3 is 4.57 Å². The molecule has 0 bridgehead atoms. The molecule has 0 spiro atoms. The van der Waals surface area contributed by atoms with Gasteiger partial charge in [-0.05, 0) is 38.6 Å². The molecule has 3 heteroatoms. The molecule has 2 aromatic rings. The number of hydrogen-bond acceptors (Lipinski definition) is 2. The van der Waals surface area contributed by atoms with Crippen molar-refractivity contribution in [3.05, 3.63) is 48.5 Å². The summed E-state index contributed by atoms with van der Waals surface area (Å²) >= 11 is 0. The van der Waals surface area contributed by atoms with Crippen LogP contribution in [-0.4, -0.2) is 27.5 Å². The van der Waals surface area contributed by atoms with Crippen LogP contribution in [0.1, 0.15) is 19.4 Å². The third kappa shape index (κ3) is 2.94. The van der Waals surface area contributed by atoms with Crippen molar-refractivity contribution < 1.29 is 0 Å². The quantitative estimate of drug-likeness (QED) is 0.803. The van der Waals surface area contributed by atoms with Gasteiger partial charge in [0.05, 0.1) is 6.33 Å². The Morgan fingerprint density at radius 2 is 1.94 bits per heavy atom. The molecule has 2 rings (SSSR count). The van der Waals surface area contributed by atoms with E-state index in [1.54, 1.807) is 6.20 Å². The van der Waals surface area contributed by atoms with E-state index >= 15 is 0 Å². The Hall–Kier alpha value is -1.61. The predicted octanol–water partition coefficient (Wildman–Crippen LogP) is 2.71. The first-order chi connectivity index (χ1) is 8.16. The monoisotopic (exact) mass is 229 g/mol. The summed E-state index contributed by atoms with van der Waals surface area (Å²) in [6.07, 6.45) is 5.56. The minimum Gasteiger partial charge on any atom is -0.306 e. The highest BCUT2D eigenvalue weighted by Crippen LogP contribution is 2.11. The molecule has 0 saturated carbocycles. The molecule has 0 aliphatic heterocycles. The summed E-state index contributed by atoms with van der Waals surface area (Å²) in [5, 5.41) is 0. The van der Waals surface area contributed by atoms with Gasteiger partial charge in [0.2, 0.25) is 0 Å². The van der Waals surface area contributed by atoms with Crippen LogP contribution in [0, 0.1) is 0 Å². The maximum Gasteiger partial charge on any atom is 0.0991 e. The van der Waals surface area contributed by atoms with E-state index in [1.165, 1.54) is 5.56 Å². The van der Waals surface area contributed by atoms with Crippen molar-refractivity contribution in [2.75, 3.05) is 7.05 Å². The number of benzene rings is 1. The average Bonchev–Trinajstić information content (AvgIpc) is 2.83. The molecule has 0 saturated heterocycles. The molecule has 0 N–H and O–H groups in total. The summed E-state index contributed by atoms with van der Waals surface area (Å²) in [5.41, 5.74) is 2.49. The van der Waals surface area contributed by atoms with Crippen LogP contribution in [0.15, 0.2) is 43.0 Å². The van der Waals surface area contributed by atoms with Gasteiger partial charge in [0.1, 0.15) is 0 Å². The second-order valence-corrected chi connectivity index (χ2v) is 4.65. The zero-order chi connectivity index (χ0) is 12.3. The van der Waals surface area contributed by atoms with Crippen LogP contribution in [0.3, 0.4) is 0 Å². The molecule has 0 aliphatic rings. The van der Waals surface area contributed by atoms with Crippen molar-refractivity contribution in [1.29, 1.82) is 0 Å². The van der Waals surface area contributed by atoms with Crippen LogP contribution in [0.4, 0.5) is 0 Å². The van der Waals surface area contributed by atoms with Gasteiger partial charge in [0.25, 0.3) is 0 Å². The van der Waals surface area contributed by atoms with E-state index in [-0.39, 0.29) is 0 Å². The summed E-state index contributed by atoms with van der Waals surface area (Å²) in [4.78, 5) is 6.37. The van der Waals surface area contributed by atoms with Gasteiger partial charge in [-0.15, -0.1) is 0 Å². The SMILES string of the molecule is CC(C)N(C)Cc1ccc(-n2ccnc2)cc1. The first-order valence-corrected chi connectivity index (χ1v) is 5.94. The molecule has 0 atom stereocenters. The van der Waals surface area contributed by atoms with Crippen molar-refractivity contribution in [2.45, 2.75) is 26.4 Å². The Morgan fingerprint density at radius 1 is 1.24 bits per heavy atom. The van der Waals surface area contributed by atoms with Crippen LogP contribution in [0.5, 0.6) is 0 Å². The lowest BCUT2D eigenvalue weighted by Crippen LogP contribution is -2.25. The molecule has 90 valence electrons. The van der Waals surface area contributed by atoms with Crippen molar-refractivity contribution in [2.24, 2.45) is 0 Å². The molecule has 17 heavy (non-hydrogen) atoms. The molecule has 0 amide bonds. The highest BCUT2D eigenvalue weighted by molar-refractivity contribution is 5.34. The van der Waals surface area contributed by atoms with E-state index in [4.69, 9.17) is 0 Å². The Balaban J connectivity index is 2.08. The van der Waals surface area contributed by atoms with Crippen molar-refractivity contribution in [3.8, 4) is 5.69 Å². The van der Waals surface area contributed by atoms with Crippen molar-refractivity contribution >= 4 is 0 Å². The lowest BCUT2D eigenvalue weighted by Gasteiger charge is -2.21. The van der Waals surface area contributed by atoms with E-state index in [9.17, 15) is 0 Å². The summed E-state index contributed by atoms with van der Waals surface area (Å²) in [5.74, 6) is 0. The zero-order valence-corrected chi connectivity index (χ0v) is 10.7. The fourth-order valence-corrected chi connectivity index (χ4v) is 1.66. The Bertz CT molecular complexity index is 443. The largest absolute Gasteiger partial charge is 0.306 e. The maximum atomic E-state index is 4.05. The van der Waals surface area contributed by atoms with Crippen LogP contribution < -0.4 is 0 Å². The van der Waals surface area contributed by atoms with E-state index < -0.39 is 0 Å². The minimum absolute atomic E-state index is 0.573. The number of hydrogen-bond donors (Lipinski definition) is 0. The van der Waals surface area contributed by atoms with E-state index in [0.717, 1.165) is 12.2 Å². The topological polar surface area (TPSA) is 21.1 Å². The lowest BCUT2D eigenvalue weighted by molar-refractivity contribution is 0.266. The Morgan fingerprint density at radius 3 is 2.47 bits per heavy atom. The number of nitrogens with zero attached hydrogens (tertiary/aromatic N) is 3. The summed E-state index contributed by atoms with van der Waals surface area (Å²) in [6.45, 7) is 5.40. The van der Waals surface area contributed by atoms with Crippen molar-refractivity contribution in [3.63, 3.8) is 0 Å². The van der Waals surface area contributed by atoms with Gasteiger partial charge in [-0.3, -0.25) is 4.90 Å².